The third-order valence-electron chi connectivity index (χ3n) is 2.76. The van der Waals surface area contributed by atoms with E-state index in [-0.39, 0.29) is 6.10 Å². The smallest absolute Gasteiger partial charge is 0.192 e. The average molecular weight is 324 g/mol. The summed E-state index contributed by atoms with van der Waals surface area (Å²) in [6.45, 7) is 13.4. The molecule has 0 aromatic rings. The highest BCUT2D eigenvalue weighted by Gasteiger charge is 2.38. The molecule has 0 bridgehead atoms. The molecule has 0 amide bonds. The summed E-state index contributed by atoms with van der Waals surface area (Å²) in [6.07, 6.45) is 1.10. The molecule has 0 heterocycles. The van der Waals surface area contributed by atoms with Gasteiger partial charge in [0.25, 0.3) is 0 Å². The van der Waals surface area contributed by atoms with E-state index in [2.05, 4.69) is 73.2 Å². The second-order valence-electron chi connectivity index (χ2n) is 5.16. The van der Waals surface area contributed by atoms with Crippen LogP contribution >= 0.6 is 22.6 Å². The van der Waals surface area contributed by atoms with Gasteiger partial charge in [-0.3, -0.25) is 0 Å². The van der Waals surface area contributed by atoms with Gasteiger partial charge in [-0.05, 0) is 29.0 Å². The second kappa shape index (κ2) is 5.52. The van der Waals surface area contributed by atoms with Gasteiger partial charge in [-0.1, -0.05) is 26.7 Å². The zero-order valence-electron chi connectivity index (χ0n) is 10.1. The Morgan fingerprint density at radius 2 is 1.86 bits per heavy atom. The van der Waals surface area contributed by atoms with Crippen LogP contribution in [0.15, 0.2) is 0 Å². The third kappa shape index (κ3) is 4.81. The summed E-state index contributed by atoms with van der Waals surface area (Å²) in [7, 11) is -1.59. The van der Waals surface area contributed by atoms with E-state index in [4.69, 9.17) is 4.43 Å². The monoisotopic (exact) mass is 324 g/mol. The zero-order chi connectivity index (χ0) is 11.4. The lowest BCUT2D eigenvalue weighted by atomic mass is 10.2. The van der Waals surface area contributed by atoms with Crippen molar-refractivity contribution in [1.29, 1.82) is 0 Å². The second-order valence-corrected chi connectivity index (χ2v) is 10.5. The van der Waals surface area contributed by atoms with E-state index < -0.39 is 8.32 Å². The molecular weight excluding hydrogens is 303 g/mol. The normalized spacial score (nSPS) is 14.5. The Kier molecular flexibility index (Phi) is 5.71. The predicted molar refractivity (Wildman–Crippen MR) is 74.2 cm³/mol. The Bertz CT molecular complexity index is 232. The molecule has 0 fully saturated rings. The van der Waals surface area contributed by atoms with Crippen LogP contribution in [-0.4, -0.2) is 14.4 Å². The zero-order valence-corrected chi connectivity index (χ0v) is 13.2. The average Bonchev–Trinajstić information content (AvgIpc) is 1.97. The number of halogens is 1. The van der Waals surface area contributed by atoms with Gasteiger partial charge in [-0.25, -0.2) is 0 Å². The summed E-state index contributed by atoms with van der Waals surface area (Å²) in [5, 5.41) is 0.291. The fourth-order valence-corrected chi connectivity index (χ4v) is 2.57. The first-order chi connectivity index (χ1) is 6.20. The Morgan fingerprint density at radius 3 is 2.21 bits per heavy atom. The first-order valence-electron chi connectivity index (χ1n) is 4.97. The van der Waals surface area contributed by atoms with Crippen molar-refractivity contribution >= 4 is 30.9 Å². The van der Waals surface area contributed by atoms with Gasteiger partial charge < -0.3 is 4.43 Å². The molecule has 0 saturated heterocycles. The molecule has 82 valence electrons. The lowest BCUT2D eigenvalue weighted by Gasteiger charge is -2.38. The van der Waals surface area contributed by atoms with E-state index in [1.807, 2.05) is 0 Å². The summed E-state index contributed by atoms with van der Waals surface area (Å²) in [5.41, 5.74) is 0. The molecule has 0 aliphatic heterocycles. The third-order valence-corrected chi connectivity index (χ3v) is 7.74. The van der Waals surface area contributed by atoms with E-state index in [1.165, 1.54) is 0 Å². The van der Waals surface area contributed by atoms with Crippen molar-refractivity contribution in [3.05, 3.63) is 0 Å². The van der Waals surface area contributed by atoms with Crippen molar-refractivity contribution in [2.75, 3.05) is 0 Å². The van der Waals surface area contributed by atoms with Crippen molar-refractivity contribution < 1.29 is 4.43 Å². The van der Waals surface area contributed by atoms with Crippen LogP contribution in [0.5, 0.6) is 0 Å². The fourth-order valence-electron chi connectivity index (χ4n) is 0.904. The van der Waals surface area contributed by atoms with Crippen LogP contribution in [0.1, 0.15) is 34.1 Å². The van der Waals surface area contributed by atoms with E-state index in [1.54, 1.807) is 0 Å². The van der Waals surface area contributed by atoms with Crippen molar-refractivity contribution in [1.82, 2.24) is 0 Å². The molecule has 0 aromatic heterocycles. The maximum atomic E-state index is 6.14. The molecule has 0 radical (unpaired) electrons. The van der Waals surface area contributed by atoms with Crippen LogP contribution in [0.25, 0.3) is 0 Å². The lowest BCUT2D eigenvalue weighted by molar-refractivity contribution is 0.204. The summed E-state index contributed by atoms with van der Waals surface area (Å²) < 4.78 is 9.02. The van der Waals surface area contributed by atoms with Gasteiger partial charge in [0.1, 0.15) is 0 Å². The minimum absolute atomic E-state index is 0.262. The summed E-state index contributed by atoms with van der Waals surface area (Å²) in [6, 6.07) is 0. The maximum Gasteiger partial charge on any atom is 0.192 e. The first-order valence-corrected chi connectivity index (χ1v) is 8.95. The Labute approximate surface area is 103 Å². The van der Waals surface area contributed by atoms with Crippen molar-refractivity contribution in [3.63, 3.8) is 0 Å². The molecule has 0 aliphatic carbocycles. The van der Waals surface area contributed by atoms with Crippen LogP contribution < -0.4 is 0 Å². The lowest BCUT2D eigenvalue weighted by Crippen LogP contribution is -2.43. The molecule has 1 nitrogen and oxygen atoms in total. The van der Waals surface area contributed by atoms with Gasteiger partial charge in [0.15, 0.2) is 8.32 Å². The first kappa shape index (κ1) is 14.5. The molecule has 0 aromatic carbocycles. The highest BCUT2D eigenvalue weighted by molar-refractivity contribution is 14.1. The largest absolute Gasteiger partial charge is 0.413 e. The fraction of sp³-hybridized carbons (Fsp3) is 0.818. The van der Waals surface area contributed by atoms with E-state index >= 15 is 0 Å². The number of hydrogen-bond acceptors (Lipinski definition) is 1. The van der Waals surface area contributed by atoms with Gasteiger partial charge in [0, 0.05) is 29.0 Å². The van der Waals surface area contributed by atoms with Crippen molar-refractivity contribution in [3.8, 4) is 9.85 Å². The van der Waals surface area contributed by atoms with Crippen molar-refractivity contribution in [2.45, 2.75) is 58.4 Å². The summed E-state index contributed by atoms with van der Waals surface area (Å²) >= 11 is 2.07. The number of hydrogen-bond donors (Lipinski definition) is 0. The van der Waals surface area contributed by atoms with Crippen molar-refractivity contribution in [2.24, 2.45) is 0 Å². The van der Waals surface area contributed by atoms with Gasteiger partial charge in [0.05, 0.1) is 6.10 Å². The van der Waals surface area contributed by atoms with Crippen LogP contribution in [0.4, 0.5) is 0 Å². The SMILES string of the molecule is C[C@H](CC#CI)O[Si](C)(C)C(C)(C)C. The molecular formula is C11H21IOSi. The molecule has 0 aliphatic rings. The van der Waals surface area contributed by atoms with Gasteiger partial charge in [0.2, 0.25) is 0 Å². The Morgan fingerprint density at radius 1 is 1.36 bits per heavy atom. The predicted octanol–water partition coefficient (Wildman–Crippen LogP) is 4.18. The Hall–Kier alpha value is 0.467. The van der Waals surface area contributed by atoms with Crippen LogP contribution in [0.3, 0.4) is 0 Å². The standard InChI is InChI=1S/C11H21IOSi/c1-10(8-7-9-12)13-14(5,6)11(2,3)4/h10H,8H2,1-6H3/t10-/m1/s1. The molecule has 1 atom stereocenters. The Balaban J connectivity index is 4.27. The number of rotatable bonds is 3. The minimum atomic E-state index is -1.59. The van der Waals surface area contributed by atoms with E-state index in [0.29, 0.717) is 5.04 Å². The molecule has 0 saturated carbocycles. The molecule has 0 rings (SSSR count). The van der Waals surface area contributed by atoms with Crippen LogP contribution in [-0.2, 0) is 4.43 Å². The highest BCUT2D eigenvalue weighted by atomic mass is 127. The molecule has 0 unspecified atom stereocenters. The highest BCUT2D eigenvalue weighted by Crippen LogP contribution is 2.37. The van der Waals surface area contributed by atoms with Gasteiger partial charge in [-0.15, -0.1) is 0 Å². The molecule has 3 heteroatoms. The van der Waals surface area contributed by atoms with Crippen LogP contribution in [0, 0.1) is 9.85 Å². The van der Waals surface area contributed by atoms with Gasteiger partial charge >= 0.3 is 0 Å². The van der Waals surface area contributed by atoms with Gasteiger partial charge in [-0.2, -0.15) is 0 Å². The quantitative estimate of drug-likeness (QED) is 0.430. The maximum absolute atomic E-state index is 6.14. The van der Waals surface area contributed by atoms with E-state index in [0.717, 1.165) is 6.42 Å². The van der Waals surface area contributed by atoms with E-state index in [9.17, 15) is 0 Å². The van der Waals surface area contributed by atoms with Crippen LogP contribution in [0.2, 0.25) is 18.1 Å². The minimum Gasteiger partial charge on any atom is -0.413 e. The summed E-state index contributed by atoms with van der Waals surface area (Å²) in [4.78, 5) is 0. The molecule has 0 spiro atoms. The molecule has 14 heavy (non-hydrogen) atoms. The molecule has 0 N–H and O–H groups in total. The summed E-state index contributed by atoms with van der Waals surface area (Å²) in [5.74, 6) is 3.06. The topological polar surface area (TPSA) is 9.23 Å².